The number of thioether (sulfide) groups is 1. The largest absolute Gasteiger partial charge is 0.467 e. The Bertz CT molecular complexity index is 365. The average Bonchev–Trinajstić information content (AvgIpc) is 2.34. The predicted molar refractivity (Wildman–Crippen MR) is 77.4 cm³/mol. The molecule has 116 valence electrons. The average molecular weight is 306 g/mol. The lowest BCUT2D eigenvalue weighted by Crippen LogP contribution is -2.45. The highest BCUT2D eigenvalue weighted by molar-refractivity contribution is 8.00. The number of ether oxygens (including phenoxy) is 2. The Morgan fingerprint density at radius 1 is 1.40 bits per heavy atom. The number of nitrogens with one attached hydrogen (secondary N) is 1. The van der Waals surface area contributed by atoms with Crippen LogP contribution in [0, 0.1) is 0 Å². The van der Waals surface area contributed by atoms with Crippen LogP contribution < -0.4 is 5.32 Å². The van der Waals surface area contributed by atoms with Gasteiger partial charge in [-0.2, -0.15) is 11.8 Å². The van der Waals surface area contributed by atoms with Crippen molar-refractivity contribution < 1.29 is 24.3 Å². The van der Waals surface area contributed by atoms with Gasteiger partial charge < -0.3 is 20.0 Å². The van der Waals surface area contributed by atoms with Crippen molar-refractivity contribution in [2.24, 2.45) is 5.16 Å². The summed E-state index contributed by atoms with van der Waals surface area (Å²) >= 11 is 1.34. The normalized spacial score (nSPS) is 13.6. The van der Waals surface area contributed by atoms with Gasteiger partial charge in [0.15, 0.2) is 0 Å². The van der Waals surface area contributed by atoms with E-state index >= 15 is 0 Å². The lowest BCUT2D eigenvalue weighted by Gasteiger charge is -2.22. The zero-order valence-electron chi connectivity index (χ0n) is 12.4. The van der Waals surface area contributed by atoms with Gasteiger partial charge in [-0.1, -0.05) is 5.16 Å². The van der Waals surface area contributed by atoms with Gasteiger partial charge in [-0.25, -0.2) is 9.59 Å². The molecule has 7 nitrogen and oxygen atoms in total. The summed E-state index contributed by atoms with van der Waals surface area (Å²) in [5.41, 5.74) is -0.117. The molecule has 0 aromatic heterocycles. The van der Waals surface area contributed by atoms with Crippen LogP contribution in [0.25, 0.3) is 0 Å². The highest BCUT2D eigenvalue weighted by Crippen LogP contribution is 2.09. The topological polar surface area (TPSA) is 97.2 Å². The molecule has 0 fully saturated rings. The first-order valence-electron chi connectivity index (χ1n) is 6.02. The molecule has 0 saturated carbocycles. The number of methoxy groups -OCH3 is 1. The maximum atomic E-state index is 11.6. The van der Waals surface area contributed by atoms with Crippen molar-refractivity contribution in [3.8, 4) is 0 Å². The second-order valence-electron chi connectivity index (χ2n) is 5.07. The summed E-state index contributed by atoms with van der Waals surface area (Å²) in [7, 11) is 1.25. The van der Waals surface area contributed by atoms with Crippen molar-refractivity contribution in [3.63, 3.8) is 0 Å². The lowest BCUT2D eigenvalue weighted by atomic mass is 10.2. The van der Waals surface area contributed by atoms with E-state index in [2.05, 4.69) is 15.2 Å². The molecule has 0 aliphatic rings. The Kier molecular flexibility index (Phi) is 8.05. The zero-order chi connectivity index (χ0) is 15.8. The van der Waals surface area contributed by atoms with Gasteiger partial charge in [0.1, 0.15) is 11.6 Å². The third-order valence-corrected chi connectivity index (χ3v) is 3.13. The van der Waals surface area contributed by atoms with Crippen LogP contribution in [0.1, 0.15) is 27.7 Å². The van der Waals surface area contributed by atoms with Crippen LogP contribution in [-0.4, -0.2) is 53.2 Å². The number of nitrogens with zero attached hydrogens (tertiary/aromatic N) is 1. The van der Waals surface area contributed by atoms with Crippen LogP contribution in [0.15, 0.2) is 5.16 Å². The van der Waals surface area contributed by atoms with E-state index in [1.165, 1.54) is 18.9 Å². The monoisotopic (exact) mass is 306 g/mol. The minimum atomic E-state index is -0.814. The minimum Gasteiger partial charge on any atom is -0.467 e. The van der Waals surface area contributed by atoms with E-state index in [0.29, 0.717) is 17.2 Å². The Balaban J connectivity index is 4.43. The number of hydrogen-bond acceptors (Lipinski definition) is 7. The summed E-state index contributed by atoms with van der Waals surface area (Å²) in [6.07, 6.45) is -0.680. The summed E-state index contributed by atoms with van der Waals surface area (Å²) in [6.45, 7) is 6.85. The van der Waals surface area contributed by atoms with Gasteiger partial charge in [0.25, 0.3) is 0 Å². The molecule has 2 N–H and O–H groups in total. The molecule has 1 atom stereocenters. The Morgan fingerprint density at radius 2 is 2.00 bits per heavy atom. The molecule has 0 aliphatic heterocycles. The van der Waals surface area contributed by atoms with Crippen LogP contribution in [0.3, 0.4) is 0 Å². The van der Waals surface area contributed by atoms with E-state index in [9.17, 15) is 9.59 Å². The molecule has 0 heterocycles. The van der Waals surface area contributed by atoms with Crippen LogP contribution >= 0.6 is 11.8 Å². The molecule has 0 aromatic carbocycles. The predicted octanol–water partition coefficient (Wildman–Crippen LogP) is 1.64. The third-order valence-electron chi connectivity index (χ3n) is 1.94. The van der Waals surface area contributed by atoms with Crippen LogP contribution in [0.4, 0.5) is 4.79 Å². The van der Waals surface area contributed by atoms with Crippen molar-refractivity contribution in [1.29, 1.82) is 0 Å². The van der Waals surface area contributed by atoms with Crippen LogP contribution in [0.2, 0.25) is 0 Å². The molecule has 0 bridgehead atoms. The molecular weight excluding hydrogens is 284 g/mol. The maximum Gasteiger partial charge on any atom is 0.408 e. The first-order chi connectivity index (χ1) is 9.19. The van der Waals surface area contributed by atoms with Crippen LogP contribution in [-0.2, 0) is 14.3 Å². The Morgan fingerprint density at radius 3 is 2.45 bits per heavy atom. The molecule has 0 saturated heterocycles. The number of hydrogen-bond donors (Lipinski definition) is 2. The Labute approximate surface area is 123 Å². The summed E-state index contributed by atoms with van der Waals surface area (Å²) in [5, 5.41) is 14.0. The summed E-state index contributed by atoms with van der Waals surface area (Å²) in [4.78, 5) is 23.2. The van der Waals surface area contributed by atoms with Gasteiger partial charge in [0, 0.05) is 11.5 Å². The van der Waals surface area contributed by atoms with E-state index in [-0.39, 0.29) is 0 Å². The quantitative estimate of drug-likeness (QED) is 0.335. The number of oxime groups is 1. The molecule has 0 unspecified atom stereocenters. The number of carbonyl (C=O) groups is 2. The van der Waals surface area contributed by atoms with Crippen molar-refractivity contribution >= 4 is 29.5 Å². The molecule has 0 aromatic rings. The van der Waals surface area contributed by atoms with E-state index in [1.54, 1.807) is 27.7 Å². The standard InChI is InChI=1S/C12H22N2O5S/c1-8(14-17)6-20-7-9(10(15)18-5)13-11(16)19-12(2,3)4/h9,17H,6-7H2,1-5H3,(H,13,16)/b14-8-/t9-/m0/s1. The van der Waals surface area contributed by atoms with Gasteiger partial charge in [-0.15, -0.1) is 0 Å². The second-order valence-corrected chi connectivity index (χ2v) is 6.10. The lowest BCUT2D eigenvalue weighted by molar-refractivity contribution is -0.142. The minimum absolute atomic E-state index is 0.290. The number of rotatable bonds is 6. The van der Waals surface area contributed by atoms with E-state index < -0.39 is 23.7 Å². The molecule has 0 radical (unpaired) electrons. The fourth-order valence-corrected chi connectivity index (χ4v) is 2.04. The molecule has 1 amide bonds. The molecule has 0 rings (SSSR count). The Hall–Kier alpha value is -1.44. The number of esters is 1. The summed E-state index contributed by atoms with van der Waals surface area (Å²) in [6, 6.07) is -0.814. The summed E-state index contributed by atoms with van der Waals surface area (Å²) in [5.74, 6) is 0.181. The second kappa shape index (κ2) is 8.68. The van der Waals surface area contributed by atoms with Crippen molar-refractivity contribution in [3.05, 3.63) is 0 Å². The first-order valence-corrected chi connectivity index (χ1v) is 7.17. The SMILES string of the molecule is COC(=O)[C@H](CSC/C(C)=N\O)NC(=O)OC(C)(C)C. The van der Waals surface area contributed by atoms with Crippen molar-refractivity contribution in [2.75, 3.05) is 18.6 Å². The van der Waals surface area contributed by atoms with Gasteiger partial charge in [0.05, 0.1) is 12.8 Å². The van der Waals surface area contributed by atoms with Gasteiger partial charge in [-0.05, 0) is 27.7 Å². The van der Waals surface area contributed by atoms with Crippen molar-refractivity contribution in [2.45, 2.75) is 39.3 Å². The smallest absolute Gasteiger partial charge is 0.408 e. The molecule has 8 heteroatoms. The number of alkyl carbamates (subject to hydrolysis) is 1. The maximum absolute atomic E-state index is 11.6. The zero-order valence-corrected chi connectivity index (χ0v) is 13.2. The molecule has 20 heavy (non-hydrogen) atoms. The van der Waals surface area contributed by atoms with E-state index in [1.807, 2.05) is 0 Å². The van der Waals surface area contributed by atoms with Crippen molar-refractivity contribution in [1.82, 2.24) is 5.32 Å². The van der Waals surface area contributed by atoms with Crippen LogP contribution in [0.5, 0.6) is 0 Å². The molecule has 0 spiro atoms. The van der Waals surface area contributed by atoms with Gasteiger partial charge in [-0.3, -0.25) is 0 Å². The fraction of sp³-hybridized carbons (Fsp3) is 0.750. The van der Waals surface area contributed by atoms with E-state index in [4.69, 9.17) is 9.94 Å². The fourth-order valence-electron chi connectivity index (χ4n) is 1.11. The van der Waals surface area contributed by atoms with E-state index in [0.717, 1.165) is 0 Å². The van der Waals surface area contributed by atoms with Gasteiger partial charge >= 0.3 is 12.1 Å². The third kappa shape index (κ3) is 8.63. The highest BCUT2D eigenvalue weighted by Gasteiger charge is 2.24. The highest BCUT2D eigenvalue weighted by atomic mass is 32.2. The molecular formula is C12H22N2O5S. The molecule has 0 aliphatic carbocycles. The summed E-state index contributed by atoms with van der Waals surface area (Å²) < 4.78 is 9.71. The first kappa shape index (κ1) is 18.6. The number of amides is 1. The van der Waals surface area contributed by atoms with Gasteiger partial charge in [0.2, 0.25) is 0 Å². The number of carbonyl (C=O) groups excluding carboxylic acids is 2.